The zero-order valence-corrected chi connectivity index (χ0v) is 11.2. The second-order valence-electron chi connectivity index (χ2n) is 4.25. The predicted octanol–water partition coefficient (Wildman–Crippen LogP) is 1.64. The molecule has 2 heterocycles. The van der Waals surface area contributed by atoms with E-state index in [1.54, 1.807) is 0 Å². The second kappa shape index (κ2) is 5.31. The monoisotopic (exact) mass is 292 g/mol. The predicted molar refractivity (Wildman–Crippen MR) is 67.5 cm³/mol. The summed E-state index contributed by atoms with van der Waals surface area (Å²) in [6, 6.07) is 2.85. The Balaban J connectivity index is 1.82. The van der Waals surface area contributed by atoms with E-state index in [0.717, 1.165) is 0 Å². The smallest absolute Gasteiger partial charge is 0.339 e. The van der Waals surface area contributed by atoms with Gasteiger partial charge in [-0.1, -0.05) is 12.1 Å². The summed E-state index contributed by atoms with van der Waals surface area (Å²) < 4.78 is 20.8. The van der Waals surface area contributed by atoms with Crippen LogP contribution < -0.4 is 14.2 Å². The fourth-order valence-corrected chi connectivity index (χ4v) is 1.84. The van der Waals surface area contributed by atoms with Crippen LogP contribution in [0.1, 0.15) is 29.0 Å². The molecule has 0 aliphatic carbocycles. The van der Waals surface area contributed by atoms with Gasteiger partial charge in [0.1, 0.15) is 11.3 Å². The number of hydrogen-bond acceptors (Lipinski definition) is 7. The van der Waals surface area contributed by atoms with Gasteiger partial charge in [-0.2, -0.15) is 4.98 Å². The summed E-state index contributed by atoms with van der Waals surface area (Å²) in [4.78, 5) is 15.3. The van der Waals surface area contributed by atoms with Crippen molar-refractivity contribution in [1.29, 1.82) is 0 Å². The van der Waals surface area contributed by atoms with Crippen LogP contribution in [0.25, 0.3) is 0 Å². The molecule has 1 aromatic carbocycles. The third-order valence-electron chi connectivity index (χ3n) is 2.87. The average molecular weight is 292 g/mol. The molecule has 0 radical (unpaired) electrons. The number of ether oxygens (including phenoxy) is 3. The third kappa shape index (κ3) is 2.60. The Hall–Kier alpha value is -2.77. The number of benzene rings is 1. The molecular weight excluding hydrogens is 280 g/mol. The Morgan fingerprint density at radius 2 is 2.14 bits per heavy atom. The van der Waals surface area contributed by atoms with Crippen LogP contribution in [-0.2, 0) is 13.0 Å². The van der Waals surface area contributed by atoms with Gasteiger partial charge in [-0.15, -0.1) is 0 Å². The minimum absolute atomic E-state index is 0.00340. The minimum Gasteiger partial charge on any atom is -0.484 e. The van der Waals surface area contributed by atoms with Crippen molar-refractivity contribution >= 4 is 5.97 Å². The normalized spacial score (nSPS) is 12.4. The van der Waals surface area contributed by atoms with E-state index in [-0.39, 0.29) is 24.7 Å². The second-order valence-corrected chi connectivity index (χ2v) is 4.25. The maximum absolute atomic E-state index is 11.3. The van der Waals surface area contributed by atoms with E-state index in [9.17, 15) is 9.90 Å². The highest BCUT2D eigenvalue weighted by Crippen LogP contribution is 2.38. The lowest BCUT2D eigenvalue weighted by atomic mass is 10.2. The van der Waals surface area contributed by atoms with E-state index in [1.165, 1.54) is 12.1 Å². The maximum atomic E-state index is 11.3. The number of nitrogens with zero attached hydrogens (tertiary/aromatic N) is 2. The molecule has 21 heavy (non-hydrogen) atoms. The lowest BCUT2D eigenvalue weighted by Crippen LogP contribution is -2.04. The third-order valence-corrected chi connectivity index (χ3v) is 2.87. The Morgan fingerprint density at radius 1 is 1.38 bits per heavy atom. The number of aryl methyl sites for hydroxylation is 1. The lowest BCUT2D eigenvalue weighted by molar-refractivity contribution is 0.0691. The van der Waals surface area contributed by atoms with Gasteiger partial charge in [-0.25, -0.2) is 4.79 Å². The summed E-state index contributed by atoms with van der Waals surface area (Å²) in [7, 11) is 0. The number of rotatable bonds is 5. The van der Waals surface area contributed by atoms with Gasteiger partial charge in [0, 0.05) is 18.6 Å². The Morgan fingerprint density at radius 3 is 2.81 bits per heavy atom. The fourth-order valence-electron chi connectivity index (χ4n) is 1.84. The van der Waals surface area contributed by atoms with Crippen molar-refractivity contribution in [2.75, 3.05) is 6.79 Å². The lowest BCUT2D eigenvalue weighted by Gasteiger charge is -2.08. The first-order chi connectivity index (χ1) is 10.2. The summed E-state index contributed by atoms with van der Waals surface area (Å²) >= 11 is 0. The molecule has 1 aromatic heterocycles. The van der Waals surface area contributed by atoms with Crippen molar-refractivity contribution in [3.8, 4) is 17.2 Å². The summed E-state index contributed by atoms with van der Waals surface area (Å²) in [6.45, 7) is 1.95. The fraction of sp³-hybridized carbons (Fsp3) is 0.308. The van der Waals surface area contributed by atoms with Gasteiger partial charge in [0.15, 0.2) is 18.1 Å². The molecule has 0 amide bonds. The zero-order valence-electron chi connectivity index (χ0n) is 11.2. The highest BCUT2D eigenvalue weighted by atomic mass is 16.7. The number of aromatic nitrogens is 2. The molecule has 0 saturated heterocycles. The molecule has 0 unspecified atom stereocenters. The summed E-state index contributed by atoms with van der Waals surface area (Å²) in [5, 5.41) is 12.9. The Kier molecular flexibility index (Phi) is 3.35. The largest absolute Gasteiger partial charge is 0.484 e. The number of carboxylic acid groups (broad SMARTS) is 1. The molecule has 0 fully saturated rings. The van der Waals surface area contributed by atoms with Crippen molar-refractivity contribution in [3.05, 3.63) is 29.4 Å². The van der Waals surface area contributed by atoms with Crippen molar-refractivity contribution in [2.45, 2.75) is 20.0 Å². The van der Waals surface area contributed by atoms with Gasteiger partial charge in [0.2, 0.25) is 18.5 Å². The van der Waals surface area contributed by atoms with Crippen LogP contribution in [0.4, 0.5) is 0 Å². The maximum Gasteiger partial charge on any atom is 0.339 e. The van der Waals surface area contributed by atoms with Crippen LogP contribution in [0.2, 0.25) is 0 Å². The first-order valence-electron chi connectivity index (χ1n) is 6.28. The first-order valence-corrected chi connectivity index (χ1v) is 6.28. The highest BCUT2D eigenvalue weighted by Gasteiger charge is 2.22. The highest BCUT2D eigenvalue weighted by molar-refractivity contribution is 5.92. The van der Waals surface area contributed by atoms with Crippen molar-refractivity contribution < 1.29 is 28.6 Å². The number of carboxylic acids is 1. The van der Waals surface area contributed by atoms with Crippen LogP contribution in [0.15, 0.2) is 16.7 Å². The van der Waals surface area contributed by atoms with Gasteiger partial charge in [-0.05, 0) is 0 Å². The van der Waals surface area contributed by atoms with Crippen molar-refractivity contribution in [2.24, 2.45) is 0 Å². The quantitative estimate of drug-likeness (QED) is 0.886. The molecule has 0 saturated carbocycles. The van der Waals surface area contributed by atoms with Crippen LogP contribution in [0.5, 0.6) is 17.2 Å². The Bertz CT molecular complexity index is 681. The summed E-state index contributed by atoms with van der Waals surface area (Å²) in [6.07, 6.45) is 0.622. The summed E-state index contributed by atoms with van der Waals surface area (Å²) in [5.41, 5.74) is -0.0153. The number of hydrogen-bond donors (Lipinski definition) is 1. The molecule has 3 rings (SSSR count). The topological polar surface area (TPSA) is 104 Å². The van der Waals surface area contributed by atoms with Crippen molar-refractivity contribution in [3.63, 3.8) is 0 Å². The minimum atomic E-state index is -1.12. The Labute approximate surface area is 119 Å². The number of aromatic carboxylic acids is 1. The molecule has 8 nitrogen and oxygen atoms in total. The standard InChI is InChI=1S/C13H12N2O6/c1-2-12-14-11(15-21-12)5-18-8-4-10-9(19-6-20-10)3-7(8)13(16)17/h3-4H,2,5-6H2,1H3,(H,16,17). The van der Waals surface area contributed by atoms with E-state index >= 15 is 0 Å². The van der Waals surface area contributed by atoms with E-state index in [2.05, 4.69) is 10.1 Å². The van der Waals surface area contributed by atoms with Crippen molar-refractivity contribution in [1.82, 2.24) is 10.1 Å². The van der Waals surface area contributed by atoms with E-state index in [4.69, 9.17) is 18.7 Å². The molecular formula is C13H12N2O6. The molecule has 2 aromatic rings. The first kappa shape index (κ1) is 13.2. The molecule has 0 atom stereocenters. The van der Waals surface area contributed by atoms with Gasteiger partial charge < -0.3 is 23.8 Å². The SMILES string of the molecule is CCc1nc(COc2cc3c(cc2C(=O)O)OCO3)no1. The van der Waals surface area contributed by atoms with Gasteiger partial charge >= 0.3 is 5.97 Å². The van der Waals surface area contributed by atoms with Gasteiger partial charge in [-0.3, -0.25) is 0 Å². The van der Waals surface area contributed by atoms with E-state index < -0.39 is 5.97 Å². The molecule has 8 heteroatoms. The van der Waals surface area contributed by atoms with Gasteiger partial charge in [0.25, 0.3) is 0 Å². The number of carbonyl (C=O) groups is 1. The average Bonchev–Trinajstić information content (AvgIpc) is 3.12. The molecule has 0 bridgehead atoms. The van der Waals surface area contributed by atoms with E-state index in [0.29, 0.717) is 29.6 Å². The number of fused-ring (bicyclic) bond motifs is 1. The van der Waals surface area contributed by atoms with E-state index in [1.807, 2.05) is 6.92 Å². The van der Waals surface area contributed by atoms with Gasteiger partial charge in [0.05, 0.1) is 0 Å². The molecule has 1 aliphatic rings. The summed E-state index contributed by atoms with van der Waals surface area (Å²) in [5.74, 6) is 0.712. The molecule has 1 N–H and O–H groups in total. The van der Waals surface area contributed by atoms with Crippen LogP contribution in [0, 0.1) is 0 Å². The molecule has 110 valence electrons. The zero-order chi connectivity index (χ0) is 14.8. The van der Waals surface area contributed by atoms with Crippen LogP contribution >= 0.6 is 0 Å². The molecule has 1 aliphatic heterocycles. The molecule has 0 spiro atoms. The van der Waals surface area contributed by atoms with Crippen LogP contribution in [0.3, 0.4) is 0 Å². The van der Waals surface area contributed by atoms with Crippen LogP contribution in [-0.4, -0.2) is 28.0 Å².